The third-order valence-electron chi connectivity index (χ3n) is 5.83. The number of hydrogen-bond acceptors (Lipinski definition) is 7. The zero-order chi connectivity index (χ0) is 25.9. The van der Waals surface area contributed by atoms with Crippen molar-refractivity contribution in [2.45, 2.75) is 52.0 Å². The van der Waals surface area contributed by atoms with Gasteiger partial charge >= 0.3 is 11.7 Å². The molecule has 1 aliphatic heterocycles. The Bertz CT molecular complexity index is 1390. The zero-order valence-corrected chi connectivity index (χ0v) is 22.1. The second-order valence-electron chi connectivity index (χ2n) is 9.72. The predicted octanol–water partition coefficient (Wildman–Crippen LogP) is 6.31. The van der Waals surface area contributed by atoms with Crippen molar-refractivity contribution < 1.29 is 28.2 Å². The molecular formula is C25H27Cl2NO7. The topological polar surface area (TPSA) is 87.4 Å². The second kappa shape index (κ2) is 8.76. The largest absolute Gasteiger partial charge is 0.497 e. The van der Waals surface area contributed by atoms with Crippen molar-refractivity contribution in [3.8, 4) is 11.5 Å². The van der Waals surface area contributed by atoms with E-state index in [-0.39, 0.29) is 27.6 Å². The predicted molar refractivity (Wildman–Crippen MR) is 134 cm³/mol. The maximum atomic E-state index is 13.2. The maximum Gasteiger partial charge on any atom is 0.413 e. The van der Waals surface area contributed by atoms with Crippen LogP contribution in [0.15, 0.2) is 27.4 Å². The SMILES string of the molecule is COc1cc(OC)c2c(c1)c(=O)oc1cc(Cl)c([C@@H]3COC(C)(C)N3C(=O)OC(C)(C)C)c(Cl)c12. The van der Waals surface area contributed by atoms with Crippen LogP contribution in [0, 0.1) is 0 Å². The second-order valence-corrected chi connectivity index (χ2v) is 10.5. The average molecular weight is 524 g/mol. The van der Waals surface area contributed by atoms with Crippen molar-refractivity contribution in [3.63, 3.8) is 0 Å². The van der Waals surface area contributed by atoms with E-state index in [4.69, 9.17) is 46.6 Å². The van der Waals surface area contributed by atoms with E-state index in [1.807, 2.05) is 0 Å². The first-order valence-electron chi connectivity index (χ1n) is 11.0. The number of rotatable bonds is 3. The molecule has 2 aromatic carbocycles. The summed E-state index contributed by atoms with van der Waals surface area (Å²) in [6.45, 7) is 9.03. The number of halogens is 2. The van der Waals surface area contributed by atoms with Gasteiger partial charge in [0.2, 0.25) is 0 Å². The fourth-order valence-electron chi connectivity index (χ4n) is 4.35. The van der Waals surface area contributed by atoms with Crippen molar-refractivity contribution >= 4 is 51.0 Å². The van der Waals surface area contributed by atoms with Crippen LogP contribution < -0.4 is 15.1 Å². The number of carbonyl (C=O) groups is 1. The Morgan fingerprint density at radius 3 is 2.40 bits per heavy atom. The van der Waals surface area contributed by atoms with Gasteiger partial charge in [0.25, 0.3) is 0 Å². The normalized spacial score (nSPS) is 17.7. The van der Waals surface area contributed by atoms with Gasteiger partial charge in [-0.15, -0.1) is 0 Å². The molecule has 35 heavy (non-hydrogen) atoms. The van der Waals surface area contributed by atoms with E-state index in [1.54, 1.807) is 46.8 Å². The molecule has 1 fully saturated rings. The van der Waals surface area contributed by atoms with Crippen LogP contribution in [0.1, 0.15) is 46.2 Å². The van der Waals surface area contributed by atoms with Gasteiger partial charge in [0, 0.05) is 28.5 Å². The first-order valence-corrected chi connectivity index (χ1v) is 11.7. The van der Waals surface area contributed by atoms with Gasteiger partial charge in [-0.3, -0.25) is 4.90 Å². The molecule has 0 radical (unpaired) electrons. The molecule has 8 nitrogen and oxygen atoms in total. The molecule has 0 bridgehead atoms. The average Bonchev–Trinajstić information content (AvgIpc) is 3.06. The maximum absolute atomic E-state index is 13.2. The number of nitrogens with zero attached hydrogens (tertiary/aromatic N) is 1. The summed E-state index contributed by atoms with van der Waals surface area (Å²) in [6.07, 6.45) is -0.566. The highest BCUT2D eigenvalue weighted by Crippen LogP contribution is 2.47. The van der Waals surface area contributed by atoms with Gasteiger partial charge in [0.15, 0.2) is 0 Å². The van der Waals surface area contributed by atoms with E-state index in [9.17, 15) is 9.59 Å². The number of fused-ring (bicyclic) bond motifs is 3. The third-order valence-corrected chi connectivity index (χ3v) is 6.54. The van der Waals surface area contributed by atoms with Gasteiger partial charge in [-0.1, -0.05) is 23.2 Å². The summed E-state index contributed by atoms with van der Waals surface area (Å²) in [4.78, 5) is 27.5. The summed E-state index contributed by atoms with van der Waals surface area (Å²) in [5.41, 5.74) is -1.66. The van der Waals surface area contributed by atoms with Crippen molar-refractivity contribution in [2.75, 3.05) is 20.8 Å². The van der Waals surface area contributed by atoms with Crippen LogP contribution in [0.4, 0.5) is 4.79 Å². The monoisotopic (exact) mass is 523 g/mol. The Morgan fingerprint density at radius 1 is 1.11 bits per heavy atom. The van der Waals surface area contributed by atoms with Crippen LogP contribution in [0.3, 0.4) is 0 Å². The van der Waals surface area contributed by atoms with E-state index in [1.165, 1.54) is 25.2 Å². The minimum Gasteiger partial charge on any atom is -0.497 e. The number of benzene rings is 2. The standard InChI is InChI=1S/C25H27Cl2NO7/c1-24(2,3)35-23(30)28-15(11-33-25(28,4)5)19-14(26)10-17-20(21(19)27)18-13(22(29)34-17)8-12(31-6)9-16(18)32-7/h8-10,15H,11H2,1-7H3/t15-/m0/s1. The van der Waals surface area contributed by atoms with E-state index in [0.717, 1.165) is 0 Å². The van der Waals surface area contributed by atoms with Gasteiger partial charge in [-0.2, -0.15) is 0 Å². The summed E-state index contributed by atoms with van der Waals surface area (Å²) < 4.78 is 28.0. The molecule has 0 saturated carbocycles. The van der Waals surface area contributed by atoms with Crippen LogP contribution in [-0.4, -0.2) is 43.1 Å². The molecule has 1 aromatic heterocycles. The molecule has 10 heteroatoms. The fourth-order valence-corrected chi connectivity index (χ4v) is 5.13. The summed E-state index contributed by atoms with van der Waals surface area (Å²) in [5, 5.41) is 1.54. The molecule has 1 saturated heterocycles. The molecule has 188 valence electrons. The minimum absolute atomic E-state index is 0.136. The van der Waals surface area contributed by atoms with E-state index >= 15 is 0 Å². The zero-order valence-electron chi connectivity index (χ0n) is 20.6. The van der Waals surface area contributed by atoms with Gasteiger partial charge in [0.05, 0.1) is 42.3 Å². The molecule has 0 unspecified atom stereocenters. The summed E-state index contributed by atoms with van der Waals surface area (Å²) >= 11 is 13.7. The van der Waals surface area contributed by atoms with Crippen LogP contribution >= 0.6 is 23.2 Å². The van der Waals surface area contributed by atoms with Crippen LogP contribution in [-0.2, 0) is 9.47 Å². The van der Waals surface area contributed by atoms with Crippen LogP contribution in [0.25, 0.3) is 21.7 Å². The van der Waals surface area contributed by atoms with E-state index in [0.29, 0.717) is 27.8 Å². The Balaban J connectivity index is 2.01. The number of ether oxygens (including phenoxy) is 4. The quantitative estimate of drug-likeness (QED) is 0.293. The van der Waals surface area contributed by atoms with Crippen molar-refractivity contribution in [1.29, 1.82) is 0 Å². The molecule has 2 heterocycles. The lowest BCUT2D eigenvalue weighted by atomic mass is 9.99. The molecule has 0 N–H and O–H groups in total. The molecule has 1 amide bonds. The molecule has 0 aliphatic carbocycles. The molecule has 3 aromatic rings. The van der Waals surface area contributed by atoms with E-state index in [2.05, 4.69) is 0 Å². The third kappa shape index (κ3) is 4.39. The summed E-state index contributed by atoms with van der Waals surface area (Å²) in [7, 11) is 2.97. The number of carbonyl (C=O) groups excluding carboxylic acids is 1. The highest BCUT2D eigenvalue weighted by Gasteiger charge is 2.48. The highest BCUT2D eigenvalue weighted by molar-refractivity contribution is 6.41. The lowest BCUT2D eigenvalue weighted by Gasteiger charge is -2.35. The van der Waals surface area contributed by atoms with Gasteiger partial charge in [-0.25, -0.2) is 9.59 Å². The van der Waals surface area contributed by atoms with Crippen LogP contribution in [0.2, 0.25) is 10.0 Å². The van der Waals surface area contributed by atoms with Crippen molar-refractivity contribution in [3.05, 3.63) is 44.2 Å². The Labute approximate surface area is 212 Å². The fraction of sp³-hybridized carbons (Fsp3) is 0.440. The lowest BCUT2D eigenvalue weighted by molar-refractivity contribution is -0.0626. The van der Waals surface area contributed by atoms with Gasteiger partial charge in [-0.05, 0) is 40.7 Å². The Morgan fingerprint density at radius 2 is 1.80 bits per heavy atom. The van der Waals surface area contributed by atoms with Crippen LogP contribution in [0.5, 0.6) is 11.5 Å². The first-order chi connectivity index (χ1) is 16.3. The molecule has 0 spiro atoms. The van der Waals surface area contributed by atoms with E-state index < -0.39 is 29.1 Å². The summed E-state index contributed by atoms with van der Waals surface area (Å²) in [5.74, 6) is 0.799. The number of amides is 1. The molecule has 4 rings (SSSR count). The smallest absolute Gasteiger partial charge is 0.413 e. The minimum atomic E-state index is -0.981. The molecule has 1 atom stereocenters. The van der Waals surface area contributed by atoms with Crippen molar-refractivity contribution in [1.82, 2.24) is 4.90 Å². The number of methoxy groups -OCH3 is 2. The van der Waals surface area contributed by atoms with Gasteiger partial charge < -0.3 is 23.4 Å². The van der Waals surface area contributed by atoms with Gasteiger partial charge in [0.1, 0.15) is 28.4 Å². The Kier molecular flexibility index (Phi) is 6.36. The highest BCUT2D eigenvalue weighted by atomic mass is 35.5. The first kappa shape index (κ1) is 25.4. The molecule has 1 aliphatic rings. The summed E-state index contributed by atoms with van der Waals surface area (Å²) in [6, 6.07) is 4.07. The van der Waals surface area contributed by atoms with Crippen molar-refractivity contribution in [2.24, 2.45) is 0 Å². The Hall–Kier alpha value is -2.68. The lowest BCUT2D eigenvalue weighted by Crippen LogP contribution is -2.47. The molecular weight excluding hydrogens is 497 g/mol. The number of hydrogen-bond donors (Lipinski definition) is 0.